The number of aryl methyl sites for hydroxylation is 1. The fourth-order valence-electron chi connectivity index (χ4n) is 4.84. The summed E-state index contributed by atoms with van der Waals surface area (Å²) in [6, 6.07) is 16.1. The number of aromatic amines is 1. The van der Waals surface area contributed by atoms with Gasteiger partial charge in [-0.3, -0.25) is 9.89 Å². The first-order chi connectivity index (χ1) is 18.7. The number of carbonyl (C=O) groups is 1. The summed E-state index contributed by atoms with van der Waals surface area (Å²) in [6.07, 6.45) is 0.902. The van der Waals surface area contributed by atoms with Crippen molar-refractivity contribution in [2.24, 2.45) is 13.0 Å². The second kappa shape index (κ2) is 9.26. The molecule has 0 saturated heterocycles. The summed E-state index contributed by atoms with van der Waals surface area (Å²) >= 11 is 0. The molecule has 11 heteroatoms. The summed E-state index contributed by atoms with van der Waals surface area (Å²) in [7, 11) is 3.16. The molecule has 1 aliphatic rings. The van der Waals surface area contributed by atoms with E-state index in [9.17, 15) is 18.0 Å². The van der Waals surface area contributed by atoms with Crippen LogP contribution in [0.3, 0.4) is 0 Å². The van der Waals surface area contributed by atoms with Gasteiger partial charge in [0.05, 0.1) is 12.1 Å². The molecular formula is C28H24F3N7O. The van der Waals surface area contributed by atoms with E-state index >= 15 is 0 Å². The highest BCUT2D eigenvalue weighted by molar-refractivity contribution is 5.99. The van der Waals surface area contributed by atoms with Crippen LogP contribution in [0.2, 0.25) is 0 Å². The molecule has 2 atom stereocenters. The molecule has 5 aromatic rings. The molecule has 1 saturated carbocycles. The van der Waals surface area contributed by atoms with Crippen molar-refractivity contribution >= 4 is 28.3 Å². The third kappa shape index (κ3) is 4.71. The van der Waals surface area contributed by atoms with Crippen molar-refractivity contribution in [3.8, 4) is 22.5 Å². The lowest BCUT2D eigenvalue weighted by atomic mass is 10.1. The number of hydrogen-bond acceptors (Lipinski definition) is 5. The first-order valence-electron chi connectivity index (χ1n) is 12.3. The maximum atomic E-state index is 13.1. The topological polar surface area (TPSA) is 91.7 Å². The van der Waals surface area contributed by atoms with Crippen molar-refractivity contribution in [2.75, 3.05) is 12.4 Å². The van der Waals surface area contributed by atoms with E-state index < -0.39 is 24.0 Å². The molecule has 6 rings (SSSR count). The van der Waals surface area contributed by atoms with E-state index in [1.54, 1.807) is 36.1 Å². The van der Waals surface area contributed by atoms with Gasteiger partial charge >= 0.3 is 6.18 Å². The van der Waals surface area contributed by atoms with Crippen LogP contribution in [0.4, 0.5) is 24.7 Å². The summed E-state index contributed by atoms with van der Waals surface area (Å²) in [4.78, 5) is 23.3. The van der Waals surface area contributed by atoms with E-state index in [2.05, 4.69) is 25.5 Å². The number of nitrogens with one attached hydrogen (secondary N) is 2. The largest absolute Gasteiger partial charge is 0.393 e. The highest BCUT2D eigenvalue weighted by Crippen LogP contribution is 2.47. The molecule has 3 heterocycles. The molecule has 2 aromatic carbocycles. The standard InChI is InChI=1S/C28H24F3N7O/c1-37-22-12-18(4-3-17(22)11-24(37)27(39)38(2)23-13-21(23)28(29,30)31)26-32-10-9-25(36-26)35-20-7-5-16(6-8-20)19-14-33-34-15-19/h3-12,14-15,21,23H,13H2,1-2H3,(H,33,34)(H,32,35,36). The smallest absolute Gasteiger partial charge is 0.340 e. The number of halogens is 3. The number of carbonyl (C=O) groups excluding carboxylic acids is 1. The zero-order chi connectivity index (χ0) is 27.3. The quantitative estimate of drug-likeness (QED) is 0.289. The molecule has 0 bridgehead atoms. The Morgan fingerprint density at radius 3 is 2.54 bits per heavy atom. The van der Waals surface area contributed by atoms with Crippen LogP contribution in [0.5, 0.6) is 0 Å². The Labute approximate surface area is 221 Å². The summed E-state index contributed by atoms with van der Waals surface area (Å²) in [5.41, 5.74) is 4.72. The lowest BCUT2D eigenvalue weighted by molar-refractivity contribution is -0.150. The van der Waals surface area contributed by atoms with Crippen LogP contribution >= 0.6 is 0 Å². The van der Waals surface area contributed by atoms with Crippen molar-refractivity contribution in [2.45, 2.75) is 18.6 Å². The van der Waals surface area contributed by atoms with Gasteiger partial charge in [-0.25, -0.2) is 9.97 Å². The molecule has 0 aliphatic heterocycles. The number of rotatable bonds is 6. The number of benzene rings is 2. The van der Waals surface area contributed by atoms with Gasteiger partial charge in [0.15, 0.2) is 5.82 Å². The van der Waals surface area contributed by atoms with Crippen LogP contribution < -0.4 is 5.32 Å². The number of nitrogens with zero attached hydrogens (tertiary/aromatic N) is 5. The molecule has 1 fully saturated rings. The Morgan fingerprint density at radius 1 is 1.08 bits per heavy atom. The maximum Gasteiger partial charge on any atom is 0.393 e. The van der Waals surface area contributed by atoms with Crippen molar-refractivity contribution < 1.29 is 18.0 Å². The monoisotopic (exact) mass is 531 g/mol. The van der Waals surface area contributed by atoms with Crippen LogP contribution in [0.15, 0.2) is 73.2 Å². The number of fused-ring (bicyclic) bond motifs is 1. The Balaban J connectivity index is 1.22. The average Bonchev–Trinajstić information content (AvgIpc) is 3.44. The predicted octanol–water partition coefficient (Wildman–Crippen LogP) is 5.79. The number of anilines is 2. The molecular weight excluding hydrogens is 507 g/mol. The van der Waals surface area contributed by atoms with Crippen LogP contribution in [0, 0.1) is 5.92 Å². The van der Waals surface area contributed by atoms with Crippen LogP contribution in [-0.4, -0.2) is 54.8 Å². The molecule has 3 aromatic heterocycles. The molecule has 0 radical (unpaired) electrons. The number of aromatic nitrogens is 5. The third-order valence-corrected chi connectivity index (χ3v) is 7.16. The van der Waals surface area contributed by atoms with Crippen molar-refractivity contribution in [1.29, 1.82) is 0 Å². The predicted molar refractivity (Wildman–Crippen MR) is 141 cm³/mol. The van der Waals surface area contributed by atoms with Gasteiger partial charge < -0.3 is 14.8 Å². The minimum absolute atomic E-state index is 0.0594. The molecule has 2 unspecified atom stereocenters. The van der Waals surface area contributed by atoms with Gasteiger partial charge in [0, 0.05) is 60.2 Å². The normalized spacial score (nSPS) is 16.8. The van der Waals surface area contributed by atoms with Crippen molar-refractivity contribution in [3.63, 3.8) is 0 Å². The van der Waals surface area contributed by atoms with Gasteiger partial charge in [-0.15, -0.1) is 0 Å². The first kappa shape index (κ1) is 24.7. The van der Waals surface area contributed by atoms with Gasteiger partial charge in [0.2, 0.25) is 0 Å². The molecule has 1 amide bonds. The third-order valence-electron chi connectivity index (χ3n) is 7.16. The molecule has 1 aliphatic carbocycles. The average molecular weight is 532 g/mol. The second-order valence-corrected chi connectivity index (χ2v) is 9.68. The number of hydrogen-bond donors (Lipinski definition) is 2. The van der Waals surface area contributed by atoms with E-state index in [0.29, 0.717) is 17.3 Å². The SMILES string of the molecule is CN(C(=O)c1cc2ccc(-c3nccc(Nc4ccc(-c5cn[nH]c5)cc4)n3)cc2n1C)C1CC1C(F)(F)F. The highest BCUT2D eigenvalue weighted by atomic mass is 19.4. The van der Waals surface area contributed by atoms with Gasteiger partial charge in [0.1, 0.15) is 11.5 Å². The summed E-state index contributed by atoms with van der Waals surface area (Å²) in [6.45, 7) is 0. The number of amides is 1. The summed E-state index contributed by atoms with van der Waals surface area (Å²) in [5.74, 6) is -0.785. The Bertz CT molecular complexity index is 1660. The molecule has 0 spiro atoms. The fourth-order valence-corrected chi connectivity index (χ4v) is 4.84. The van der Waals surface area contributed by atoms with E-state index in [1.807, 2.05) is 48.7 Å². The Morgan fingerprint density at radius 2 is 1.85 bits per heavy atom. The van der Waals surface area contributed by atoms with E-state index in [-0.39, 0.29) is 6.42 Å². The molecule has 39 heavy (non-hydrogen) atoms. The lowest BCUT2D eigenvalue weighted by Crippen LogP contribution is -2.33. The first-order valence-corrected chi connectivity index (χ1v) is 12.3. The highest BCUT2D eigenvalue weighted by Gasteiger charge is 2.58. The minimum atomic E-state index is -4.29. The summed E-state index contributed by atoms with van der Waals surface area (Å²) in [5, 5.41) is 10.9. The molecule has 2 N–H and O–H groups in total. The number of alkyl halides is 3. The molecule has 198 valence electrons. The van der Waals surface area contributed by atoms with E-state index in [1.165, 1.54) is 11.9 Å². The minimum Gasteiger partial charge on any atom is -0.340 e. The fraction of sp³-hybridized carbons (Fsp3) is 0.214. The van der Waals surface area contributed by atoms with Gasteiger partial charge in [-0.05, 0) is 42.3 Å². The lowest BCUT2D eigenvalue weighted by Gasteiger charge is -2.18. The number of H-pyrrole nitrogens is 1. The van der Waals surface area contributed by atoms with E-state index in [0.717, 1.165) is 33.3 Å². The Kier molecular flexibility index (Phi) is 5.86. The van der Waals surface area contributed by atoms with Crippen LogP contribution in [0.25, 0.3) is 33.4 Å². The van der Waals surface area contributed by atoms with Crippen LogP contribution in [0.1, 0.15) is 16.9 Å². The maximum absolute atomic E-state index is 13.1. The summed E-state index contributed by atoms with van der Waals surface area (Å²) < 4.78 is 40.8. The van der Waals surface area contributed by atoms with Crippen molar-refractivity contribution in [1.82, 2.24) is 29.6 Å². The second-order valence-electron chi connectivity index (χ2n) is 9.68. The van der Waals surface area contributed by atoms with Crippen LogP contribution in [-0.2, 0) is 7.05 Å². The van der Waals surface area contributed by atoms with Gasteiger partial charge in [0.25, 0.3) is 5.91 Å². The van der Waals surface area contributed by atoms with E-state index in [4.69, 9.17) is 0 Å². The zero-order valence-electron chi connectivity index (χ0n) is 21.1. The zero-order valence-corrected chi connectivity index (χ0v) is 21.1. The van der Waals surface area contributed by atoms with Crippen molar-refractivity contribution in [3.05, 3.63) is 78.9 Å². The molecule has 8 nitrogen and oxygen atoms in total. The Hall–Kier alpha value is -4.67. The van der Waals surface area contributed by atoms with Gasteiger partial charge in [-0.2, -0.15) is 18.3 Å². The van der Waals surface area contributed by atoms with Gasteiger partial charge in [-0.1, -0.05) is 24.3 Å².